The summed E-state index contributed by atoms with van der Waals surface area (Å²) in [4.78, 5) is 30.2. The highest BCUT2D eigenvalue weighted by atomic mass is 35.5. The van der Waals surface area contributed by atoms with E-state index in [-0.39, 0.29) is 46.6 Å². The Kier molecular flexibility index (Phi) is 11.2. The minimum absolute atomic E-state index is 0.0460. The maximum atomic E-state index is 14.7. The minimum atomic E-state index is -3.63. The van der Waals surface area contributed by atoms with Crippen LogP contribution in [0.1, 0.15) is 76.6 Å². The fourth-order valence-electron chi connectivity index (χ4n) is 8.51. The van der Waals surface area contributed by atoms with Crippen molar-refractivity contribution < 1.29 is 28.0 Å². The summed E-state index contributed by atoms with van der Waals surface area (Å²) in [5.74, 6) is 5.43. The Balaban J connectivity index is 1.29. The molecule has 7 rings (SSSR count). The van der Waals surface area contributed by atoms with E-state index >= 15 is 0 Å². The third-order valence-electron chi connectivity index (χ3n) is 11.3. The second kappa shape index (κ2) is 15.9. The van der Waals surface area contributed by atoms with Crippen molar-refractivity contribution in [2.45, 2.75) is 57.0 Å². The number of carbonyl (C=O) groups excluding carboxylic acids is 2. The largest absolute Gasteiger partial charge is 0.490 e. The third-order valence-corrected chi connectivity index (χ3v) is 13.5. The smallest absolute Gasteiger partial charge is 0.286 e. The van der Waals surface area contributed by atoms with Crippen molar-refractivity contribution in [1.29, 1.82) is 0 Å². The molecule has 3 aromatic rings. The van der Waals surface area contributed by atoms with Crippen LogP contribution >= 0.6 is 11.6 Å². The molecule has 0 saturated heterocycles. The number of amides is 2. The number of aryl methyl sites for hydroxylation is 2. The standard InChI is InChI=1S/C41H48ClN5O6S/c1-27-8-5-11-37(52-4)32-15-12-30(32)22-47-25-41(18-6-9-28-20-31(42)14-16-34(28)41)26-53-38-17-13-29(21-36(38)47)39(48)44-54(50,24-27)45-40(49)33-23-46(2)43-35(33)10-7-19-51-3/h5,11,13-14,16-17,20-21,23,27,30,32,37H,6,8-9,12,15,18-19,22,24-26H2,1-4H3,(H,44,45,48,49,50)/b11-5-/t27-,30-,32+,37-,41-,54?/m0/s1. The number of nitrogens with one attached hydrogen (secondary N) is 1. The lowest BCUT2D eigenvalue weighted by Crippen LogP contribution is -2.49. The van der Waals surface area contributed by atoms with E-state index in [0.717, 1.165) is 49.4 Å². The van der Waals surface area contributed by atoms with Gasteiger partial charge in [0.25, 0.3) is 11.8 Å². The lowest BCUT2D eigenvalue weighted by molar-refractivity contribution is 0.0131. The zero-order valence-corrected chi connectivity index (χ0v) is 32.9. The first-order valence-corrected chi connectivity index (χ1v) is 20.7. The number of methoxy groups -OCH3 is 2. The van der Waals surface area contributed by atoms with Gasteiger partial charge in [-0.3, -0.25) is 19.0 Å². The molecule has 2 aromatic carbocycles. The molecule has 1 unspecified atom stereocenters. The topological polar surface area (TPSA) is 124 Å². The molecular weight excluding hydrogens is 726 g/mol. The van der Waals surface area contributed by atoms with Gasteiger partial charge in [-0.1, -0.05) is 42.7 Å². The molecule has 286 valence electrons. The summed E-state index contributed by atoms with van der Waals surface area (Å²) in [6.45, 7) is 4.04. The molecule has 2 bridgehead atoms. The van der Waals surface area contributed by atoms with Gasteiger partial charge in [0.05, 0.1) is 29.7 Å². The first-order valence-electron chi connectivity index (χ1n) is 18.6. The SMILES string of the molecule is COCC#Cc1nn(C)cc1C(=O)NS1(=O)=NC(=O)c2ccc3c(c2)N(C[C@@H]2CC[C@H]2[C@@H](OC)/C=C\C[C@H](C)C1)C[C@@]1(CCCc2cc(Cl)ccc21)CO3. The van der Waals surface area contributed by atoms with E-state index in [2.05, 4.69) is 55.2 Å². The number of aromatic nitrogens is 2. The van der Waals surface area contributed by atoms with Crippen LogP contribution in [0.2, 0.25) is 5.02 Å². The van der Waals surface area contributed by atoms with Gasteiger partial charge in [-0.25, -0.2) is 4.21 Å². The molecule has 3 heterocycles. The van der Waals surface area contributed by atoms with Gasteiger partial charge in [0.2, 0.25) is 0 Å². The summed E-state index contributed by atoms with van der Waals surface area (Å²) in [6.07, 6.45) is 11.2. The van der Waals surface area contributed by atoms with E-state index in [1.807, 2.05) is 25.1 Å². The number of fused-ring (bicyclic) bond motifs is 4. The molecular formula is C41H48ClN5O6S. The van der Waals surface area contributed by atoms with E-state index in [1.54, 1.807) is 20.2 Å². The van der Waals surface area contributed by atoms with Crippen molar-refractivity contribution in [2.75, 3.05) is 51.2 Å². The van der Waals surface area contributed by atoms with Crippen LogP contribution < -0.4 is 14.4 Å². The number of halogens is 1. The Bertz CT molecular complexity index is 2150. The molecule has 11 nitrogen and oxygen atoms in total. The van der Waals surface area contributed by atoms with Gasteiger partial charge in [-0.2, -0.15) is 5.10 Å². The summed E-state index contributed by atoms with van der Waals surface area (Å²) < 4.78 is 40.9. The highest BCUT2D eigenvalue weighted by Crippen LogP contribution is 2.47. The van der Waals surface area contributed by atoms with Gasteiger partial charge in [0.15, 0.2) is 0 Å². The zero-order valence-electron chi connectivity index (χ0n) is 31.3. The van der Waals surface area contributed by atoms with Crippen LogP contribution in [0, 0.1) is 29.6 Å². The van der Waals surface area contributed by atoms with Crippen molar-refractivity contribution >= 4 is 39.0 Å². The molecule has 1 saturated carbocycles. The van der Waals surface area contributed by atoms with Crippen LogP contribution in [0.25, 0.3) is 0 Å². The monoisotopic (exact) mass is 773 g/mol. The van der Waals surface area contributed by atoms with Gasteiger partial charge in [-0.05, 0) is 104 Å². The van der Waals surface area contributed by atoms with Gasteiger partial charge < -0.3 is 19.1 Å². The number of hydrogen-bond acceptors (Lipinski definition) is 8. The van der Waals surface area contributed by atoms with Gasteiger partial charge in [0, 0.05) is 56.6 Å². The Labute approximate surface area is 323 Å². The summed E-state index contributed by atoms with van der Waals surface area (Å²) in [5, 5.41) is 5.03. The molecule has 1 aromatic heterocycles. The number of carbonyl (C=O) groups is 2. The average molecular weight is 774 g/mol. The first-order chi connectivity index (χ1) is 26.0. The van der Waals surface area contributed by atoms with Crippen LogP contribution in [0.15, 0.2) is 59.1 Å². The Morgan fingerprint density at radius 1 is 1.20 bits per heavy atom. The van der Waals surface area contributed by atoms with E-state index in [1.165, 1.54) is 29.1 Å². The number of hydrogen-bond donors (Lipinski definition) is 1. The van der Waals surface area contributed by atoms with Crippen LogP contribution in [0.5, 0.6) is 5.75 Å². The molecule has 1 spiro atoms. The minimum Gasteiger partial charge on any atom is -0.490 e. The molecule has 2 amide bonds. The molecule has 0 radical (unpaired) electrons. The van der Waals surface area contributed by atoms with Gasteiger partial charge in [0.1, 0.15) is 28.0 Å². The van der Waals surface area contributed by atoms with E-state index in [4.69, 9.17) is 25.8 Å². The number of nitrogens with zero attached hydrogens (tertiary/aromatic N) is 4. The van der Waals surface area contributed by atoms with Crippen LogP contribution in [-0.2, 0) is 38.3 Å². The van der Waals surface area contributed by atoms with Crippen molar-refractivity contribution in [3.05, 3.63) is 87.7 Å². The lowest BCUT2D eigenvalue weighted by Gasteiger charge is -2.46. The molecule has 2 aliphatic carbocycles. The first kappa shape index (κ1) is 38.1. The maximum Gasteiger partial charge on any atom is 0.286 e. The summed E-state index contributed by atoms with van der Waals surface area (Å²) in [5.41, 5.74) is 3.64. The van der Waals surface area contributed by atoms with Crippen molar-refractivity contribution in [3.8, 4) is 17.6 Å². The molecule has 54 heavy (non-hydrogen) atoms. The van der Waals surface area contributed by atoms with E-state index < -0.39 is 21.7 Å². The average Bonchev–Trinajstić information content (AvgIpc) is 3.43. The second-order valence-electron chi connectivity index (χ2n) is 15.2. The predicted octanol–water partition coefficient (Wildman–Crippen LogP) is 6.13. The normalized spacial score (nSPS) is 28.5. The number of ether oxygens (including phenoxy) is 3. The lowest BCUT2D eigenvalue weighted by atomic mass is 9.68. The van der Waals surface area contributed by atoms with Crippen LogP contribution in [0.3, 0.4) is 0 Å². The molecule has 13 heteroatoms. The van der Waals surface area contributed by atoms with E-state index in [9.17, 15) is 13.8 Å². The number of allylic oxidation sites excluding steroid dienone is 1. The van der Waals surface area contributed by atoms with Gasteiger partial charge >= 0.3 is 0 Å². The Hall–Kier alpha value is -4.15. The molecule has 2 aliphatic heterocycles. The summed E-state index contributed by atoms with van der Waals surface area (Å²) in [6, 6.07) is 11.5. The molecule has 1 N–H and O–H groups in total. The molecule has 4 aliphatic rings. The molecule has 1 fully saturated rings. The fourth-order valence-corrected chi connectivity index (χ4v) is 10.6. The van der Waals surface area contributed by atoms with Crippen molar-refractivity contribution in [3.63, 3.8) is 0 Å². The van der Waals surface area contributed by atoms with Crippen molar-refractivity contribution in [2.24, 2.45) is 29.2 Å². The van der Waals surface area contributed by atoms with E-state index in [0.29, 0.717) is 37.2 Å². The quantitative estimate of drug-likeness (QED) is 0.248. The second-order valence-corrected chi connectivity index (χ2v) is 17.6. The van der Waals surface area contributed by atoms with Crippen LogP contribution in [-0.4, -0.2) is 78.2 Å². The highest BCUT2D eigenvalue weighted by molar-refractivity contribution is 7.92. The predicted molar refractivity (Wildman–Crippen MR) is 209 cm³/mol. The fraction of sp³-hybridized carbons (Fsp3) is 0.488. The third kappa shape index (κ3) is 7.96. The highest BCUT2D eigenvalue weighted by Gasteiger charge is 2.44. The summed E-state index contributed by atoms with van der Waals surface area (Å²) in [7, 11) is 1.32. The van der Waals surface area contributed by atoms with Crippen molar-refractivity contribution in [1.82, 2.24) is 14.5 Å². The molecule has 6 atom stereocenters. The van der Waals surface area contributed by atoms with Gasteiger partial charge in [-0.15, -0.1) is 4.36 Å². The number of anilines is 1. The maximum absolute atomic E-state index is 14.7. The Morgan fingerprint density at radius 3 is 2.83 bits per heavy atom. The number of benzene rings is 2. The van der Waals surface area contributed by atoms with Crippen LogP contribution in [0.4, 0.5) is 5.69 Å². The Morgan fingerprint density at radius 2 is 2.06 bits per heavy atom. The zero-order chi connectivity index (χ0) is 38.0. The number of rotatable bonds is 4. The summed E-state index contributed by atoms with van der Waals surface area (Å²) >= 11 is 6.47.